The molecule has 0 aliphatic carbocycles. The third-order valence-corrected chi connectivity index (χ3v) is 2.94. The first-order valence-electron chi connectivity index (χ1n) is 6.12. The number of carbonyl (C=O) groups excluding carboxylic acids is 2. The van der Waals surface area contributed by atoms with E-state index in [-0.39, 0.29) is 11.8 Å². The molecule has 5 nitrogen and oxygen atoms in total. The predicted octanol–water partition coefficient (Wildman–Crippen LogP) is 1.70. The molecule has 0 aromatic heterocycles. The first-order chi connectivity index (χ1) is 8.86. The van der Waals surface area contributed by atoms with E-state index in [1.54, 1.807) is 18.2 Å². The summed E-state index contributed by atoms with van der Waals surface area (Å²) < 4.78 is 4.65. The van der Waals surface area contributed by atoms with E-state index < -0.39 is 12.0 Å². The molecular formula is C14H20N2O3. The summed E-state index contributed by atoms with van der Waals surface area (Å²) in [4.78, 5) is 23.3. The number of nitrogens with two attached hydrogens (primary N) is 1. The maximum Gasteiger partial charge on any atom is 0.337 e. The van der Waals surface area contributed by atoms with Crippen molar-refractivity contribution in [2.24, 2.45) is 11.7 Å². The number of rotatable bonds is 4. The number of anilines is 1. The Balaban J connectivity index is 2.94. The number of nitrogens with one attached hydrogen (secondary N) is 1. The molecule has 0 aliphatic rings. The number of aryl methyl sites for hydroxylation is 1. The fraction of sp³-hybridized carbons (Fsp3) is 0.429. The molecule has 0 bridgehead atoms. The van der Waals surface area contributed by atoms with Crippen LogP contribution >= 0.6 is 0 Å². The zero-order valence-electron chi connectivity index (χ0n) is 11.7. The van der Waals surface area contributed by atoms with Gasteiger partial charge in [0.2, 0.25) is 5.91 Å². The molecule has 0 radical (unpaired) electrons. The number of hydrogen-bond acceptors (Lipinski definition) is 4. The SMILES string of the molecule is COC(=O)c1ccc(C)c(NC(=O)[C@H](N)C(C)C)c1. The molecule has 0 aliphatic heterocycles. The van der Waals surface area contributed by atoms with Gasteiger partial charge in [-0.25, -0.2) is 4.79 Å². The molecule has 0 saturated heterocycles. The van der Waals surface area contributed by atoms with Crippen LogP contribution in [0.3, 0.4) is 0 Å². The third-order valence-electron chi connectivity index (χ3n) is 2.94. The maximum absolute atomic E-state index is 11.9. The quantitative estimate of drug-likeness (QED) is 0.811. The molecule has 1 aromatic rings. The van der Waals surface area contributed by atoms with Gasteiger partial charge in [0.05, 0.1) is 18.7 Å². The minimum Gasteiger partial charge on any atom is -0.465 e. The van der Waals surface area contributed by atoms with Crippen LogP contribution in [0.2, 0.25) is 0 Å². The predicted molar refractivity (Wildman–Crippen MR) is 74.0 cm³/mol. The highest BCUT2D eigenvalue weighted by Gasteiger charge is 2.18. The van der Waals surface area contributed by atoms with E-state index in [0.29, 0.717) is 11.3 Å². The fourth-order valence-corrected chi connectivity index (χ4v) is 1.52. The Kier molecular flexibility index (Phi) is 5.06. The van der Waals surface area contributed by atoms with Crippen molar-refractivity contribution in [1.29, 1.82) is 0 Å². The Hall–Kier alpha value is -1.88. The highest BCUT2D eigenvalue weighted by molar-refractivity contribution is 5.97. The van der Waals surface area contributed by atoms with Crippen LogP contribution in [0.4, 0.5) is 5.69 Å². The van der Waals surface area contributed by atoms with Crippen molar-refractivity contribution in [2.45, 2.75) is 26.8 Å². The normalized spacial score (nSPS) is 12.1. The summed E-state index contributed by atoms with van der Waals surface area (Å²) in [5.41, 5.74) is 7.60. The molecule has 1 amide bonds. The van der Waals surface area contributed by atoms with Crippen molar-refractivity contribution >= 4 is 17.6 Å². The lowest BCUT2D eigenvalue weighted by Crippen LogP contribution is -2.39. The summed E-state index contributed by atoms with van der Waals surface area (Å²) in [5.74, 6) is -0.659. The second-order valence-corrected chi connectivity index (χ2v) is 4.78. The average molecular weight is 264 g/mol. The molecule has 0 spiro atoms. The Labute approximate surface area is 113 Å². The number of carbonyl (C=O) groups is 2. The van der Waals surface area contributed by atoms with Crippen molar-refractivity contribution in [2.75, 3.05) is 12.4 Å². The van der Waals surface area contributed by atoms with Crippen LogP contribution in [-0.4, -0.2) is 25.0 Å². The summed E-state index contributed by atoms with van der Waals surface area (Å²) >= 11 is 0. The minimum absolute atomic E-state index is 0.0455. The van der Waals surface area contributed by atoms with Crippen molar-refractivity contribution in [3.8, 4) is 0 Å². The standard InChI is InChI=1S/C14H20N2O3/c1-8(2)12(15)13(17)16-11-7-10(14(18)19-4)6-5-9(11)3/h5-8,12H,15H2,1-4H3,(H,16,17)/t12-/m1/s1. The van der Waals surface area contributed by atoms with E-state index in [0.717, 1.165) is 5.56 Å². The van der Waals surface area contributed by atoms with Crippen LogP contribution < -0.4 is 11.1 Å². The molecule has 1 aromatic carbocycles. The van der Waals surface area contributed by atoms with Gasteiger partial charge in [0.25, 0.3) is 0 Å². The summed E-state index contributed by atoms with van der Waals surface area (Å²) in [5, 5.41) is 2.74. The van der Waals surface area contributed by atoms with Gasteiger partial charge in [0.1, 0.15) is 0 Å². The van der Waals surface area contributed by atoms with Crippen molar-refractivity contribution in [3.63, 3.8) is 0 Å². The smallest absolute Gasteiger partial charge is 0.337 e. The lowest BCUT2D eigenvalue weighted by molar-refractivity contribution is -0.118. The van der Waals surface area contributed by atoms with Gasteiger partial charge in [-0.15, -0.1) is 0 Å². The average Bonchev–Trinajstić information content (AvgIpc) is 2.39. The Morgan fingerprint density at radius 2 is 1.95 bits per heavy atom. The summed E-state index contributed by atoms with van der Waals surface area (Å²) in [6, 6.07) is 4.41. The lowest BCUT2D eigenvalue weighted by atomic mass is 10.0. The van der Waals surface area contributed by atoms with E-state index in [9.17, 15) is 9.59 Å². The molecule has 0 unspecified atom stereocenters. The summed E-state index contributed by atoms with van der Waals surface area (Å²) in [6.45, 7) is 5.60. The monoisotopic (exact) mass is 264 g/mol. The van der Waals surface area contributed by atoms with Crippen molar-refractivity contribution in [3.05, 3.63) is 29.3 Å². The number of esters is 1. The first-order valence-corrected chi connectivity index (χ1v) is 6.12. The van der Waals surface area contributed by atoms with Crippen LogP contribution in [0.1, 0.15) is 29.8 Å². The van der Waals surface area contributed by atoms with Crippen LogP contribution in [0.25, 0.3) is 0 Å². The summed E-state index contributed by atoms with van der Waals surface area (Å²) in [7, 11) is 1.31. The van der Waals surface area contributed by atoms with Crippen LogP contribution in [0.15, 0.2) is 18.2 Å². The molecule has 0 saturated carbocycles. The second-order valence-electron chi connectivity index (χ2n) is 4.78. The van der Waals surface area contributed by atoms with Crippen LogP contribution in [0.5, 0.6) is 0 Å². The van der Waals surface area contributed by atoms with Gasteiger partial charge in [-0.05, 0) is 30.5 Å². The first kappa shape index (κ1) is 15.2. The highest BCUT2D eigenvalue weighted by Crippen LogP contribution is 2.18. The fourth-order valence-electron chi connectivity index (χ4n) is 1.52. The summed E-state index contributed by atoms with van der Waals surface area (Å²) in [6.07, 6.45) is 0. The third kappa shape index (κ3) is 3.79. The molecule has 0 heterocycles. The van der Waals surface area contributed by atoms with Crippen LogP contribution in [-0.2, 0) is 9.53 Å². The van der Waals surface area contributed by atoms with Gasteiger partial charge in [-0.2, -0.15) is 0 Å². The van der Waals surface area contributed by atoms with Gasteiger partial charge < -0.3 is 15.8 Å². The van der Waals surface area contributed by atoms with Crippen molar-refractivity contribution in [1.82, 2.24) is 0 Å². The maximum atomic E-state index is 11.9. The molecule has 104 valence electrons. The van der Waals surface area contributed by atoms with Gasteiger partial charge in [-0.1, -0.05) is 19.9 Å². The van der Waals surface area contributed by atoms with Crippen LogP contribution in [0, 0.1) is 12.8 Å². The minimum atomic E-state index is -0.582. The molecule has 1 rings (SSSR count). The molecular weight excluding hydrogens is 244 g/mol. The van der Waals surface area contributed by atoms with E-state index >= 15 is 0 Å². The molecule has 0 fully saturated rings. The molecule has 19 heavy (non-hydrogen) atoms. The topological polar surface area (TPSA) is 81.4 Å². The largest absolute Gasteiger partial charge is 0.465 e. The van der Waals surface area contributed by atoms with Crippen molar-refractivity contribution < 1.29 is 14.3 Å². The zero-order chi connectivity index (χ0) is 14.6. The van der Waals surface area contributed by atoms with E-state index in [1.165, 1.54) is 7.11 Å². The number of methoxy groups -OCH3 is 1. The number of hydrogen-bond donors (Lipinski definition) is 2. The highest BCUT2D eigenvalue weighted by atomic mass is 16.5. The van der Waals surface area contributed by atoms with Gasteiger partial charge >= 0.3 is 5.97 Å². The van der Waals surface area contributed by atoms with E-state index in [4.69, 9.17) is 5.73 Å². The molecule has 1 atom stereocenters. The number of benzene rings is 1. The van der Waals surface area contributed by atoms with Gasteiger partial charge in [-0.3, -0.25) is 4.79 Å². The Morgan fingerprint density at radius 1 is 1.32 bits per heavy atom. The Bertz CT molecular complexity index is 484. The van der Waals surface area contributed by atoms with E-state index in [1.807, 2.05) is 20.8 Å². The molecule has 5 heteroatoms. The number of ether oxygens (including phenoxy) is 1. The Morgan fingerprint density at radius 3 is 2.47 bits per heavy atom. The van der Waals surface area contributed by atoms with Gasteiger partial charge in [0.15, 0.2) is 0 Å². The van der Waals surface area contributed by atoms with E-state index in [2.05, 4.69) is 10.1 Å². The number of amides is 1. The molecule has 3 N–H and O–H groups in total. The second kappa shape index (κ2) is 6.33. The van der Waals surface area contributed by atoms with Gasteiger partial charge in [0, 0.05) is 5.69 Å². The lowest BCUT2D eigenvalue weighted by Gasteiger charge is -2.16. The zero-order valence-corrected chi connectivity index (χ0v) is 11.7.